The fourth-order valence-electron chi connectivity index (χ4n) is 1.75. The highest BCUT2D eigenvalue weighted by molar-refractivity contribution is 6.05. The fraction of sp³-hybridized carbons (Fsp3) is 0. The van der Waals surface area contributed by atoms with Gasteiger partial charge in [-0.3, -0.25) is 0 Å². The van der Waals surface area contributed by atoms with Gasteiger partial charge < -0.3 is 15.7 Å². The van der Waals surface area contributed by atoms with Gasteiger partial charge in [0.2, 0.25) is 0 Å². The molecule has 3 aromatic rings. The molecule has 0 aliphatic rings. The smallest absolute Gasteiger partial charge is 0.323 e. The molecule has 0 atom stereocenters. The maximum absolute atomic E-state index is 11.2. The summed E-state index contributed by atoms with van der Waals surface area (Å²) >= 11 is 0. The Morgan fingerprint density at radius 3 is 2.73 bits per heavy atom. The van der Waals surface area contributed by atoms with Crippen molar-refractivity contribution in [2.75, 3.05) is 5.73 Å². The number of para-hydroxylation sites is 1. The van der Waals surface area contributed by atoms with Crippen molar-refractivity contribution in [1.82, 2.24) is 15.0 Å². The van der Waals surface area contributed by atoms with Crippen molar-refractivity contribution in [1.29, 1.82) is 0 Å². The van der Waals surface area contributed by atoms with Crippen LogP contribution in [0.2, 0.25) is 0 Å². The minimum atomic E-state index is -0.269. The number of nitrogens with zero attached hydrogens (tertiary/aromatic N) is 1. The van der Waals surface area contributed by atoms with Crippen molar-refractivity contribution in [3.8, 4) is 0 Å². The molecular weight excluding hydrogens is 192 g/mol. The van der Waals surface area contributed by atoms with Gasteiger partial charge in [0.05, 0.1) is 11.0 Å². The van der Waals surface area contributed by atoms with Crippen LogP contribution in [-0.4, -0.2) is 15.0 Å². The molecule has 0 saturated carbocycles. The summed E-state index contributed by atoms with van der Waals surface area (Å²) in [7, 11) is 0. The van der Waals surface area contributed by atoms with E-state index in [-0.39, 0.29) is 5.69 Å². The van der Waals surface area contributed by atoms with E-state index in [1.54, 1.807) is 0 Å². The highest BCUT2D eigenvalue weighted by Crippen LogP contribution is 2.23. The summed E-state index contributed by atoms with van der Waals surface area (Å²) in [6, 6.07) is 7.53. The summed E-state index contributed by atoms with van der Waals surface area (Å²) in [5.74, 6) is 0.335. The van der Waals surface area contributed by atoms with E-state index >= 15 is 0 Å². The van der Waals surface area contributed by atoms with E-state index in [0.717, 1.165) is 10.9 Å². The number of fused-ring (bicyclic) bond motifs is 3. The average Bonchev–Trinajstić information content (AvgIpc) is 2.61. The highest BCUT2D eigenvalue weighted by Gasteiger charge is 2.07. The highest BCUT2D eigenvalue weighted by atomic mass is 16.1. The standard InChI is InChI=1S/C10H8N4O/c11-9-8-7(13-10(15)14-8)5-3-1-2-4-6(5)12-9/h1-4H,(H2,11,12)(H2,13,14,15). The van der Waals surface area contributed by atoms with Crippen LogP contribution in [-0.2, 0) is 0 Å². The molecule has 5 nitrogen and oxygen atoms in total. The molecule has 0 aliphatic carbocycles. The molecule has 1 aromatic carbocycles. The van der Waals surface area contributed by atoms with Gasteiger partial charge in [0.15, 0.2) is 0 Å². The molecule has 2 heterocycles. The average molecular weight is 200 g/mol. The molecule has 5 heteroatoms. The first-order valence-electron chi connectivity index (χ1n) is 4.52. The van der Waals surface area contributed by atoms with E-state index in [4.69, 9.17) is 5.73 Å². The fourth-order valence-corrected chi connectivity index (χ4v) is 1.75. The minimum absolute atomic E-state index is 0.269. The Morgan fingerprint density at radius 2 is 1.87 bits per heavy atom. The Bertz CT molecular complexity index is 710. The van der Waals surface area contributed by atoms with Gasteiger partial charge in [0.25, 0.3) is 0 Å². The summed E-state index contributed by atoms with van der Waals surface area (Å²) < 4.78 is 0. The largest absolute Gasteiger partial charge is 0.382 e. The van der Waals surface area contributed by atoms with Crippen LogP contribution in [0.5, 0.6) is 0 Å². The Kier molecular flexibility index (Phi) is 1.39. The van der Waals surface area contributed by atoms with E-state index in [9.17, 15) is 4.79 Å². The normalized spacial score (nSPS) is 11.2. The van der Waals surface area contributed by atoms with Crippen LogP contribution in [0.4, 0.5) is 5.82 Å². The van der Waals surface area contributed by atoms with Gasteiger partial charge >= 0.3 is 5.69 Å². The predicted molar refractivity (Wildman–Crippen MR) is 58.6 cm³/mol. The lowest BCUT2D eigenvalue weighted by Crippen LogP contribution is -1.99. The summed E-state index contributed by atoms with van der Waals surface area (Å²) in [6.07, 6.45) is 0. The number of imidazole rings is 1. The van der Waals surface area contributed by atoms with E-state index in [2.05, 4.69) is 15.0 Å². The lowest BCUT2D eigenvalue weighted by Gasteiger charge is -2.00. The van der Waals surface area contributed by atoms with Crippen molar-refractivity contribution in [2.24, 2.45) is 0 Å². The van der Waals surface area contributed by atoms with Crippen LogP contribution >= 0.6 is 0 Å². The molecule has 0 bridgehead atoms. The van der Waals surface area contributed by atoms with Gasteiger partial charge in [-0.15, -0.1) is 0 Å². The maximum Gasteiger partial charge on any atom is 0.323 e. The summed E-state index contributed by atoms with van der Waals surface area (Å²) in [4.78, 5) is 20.7. The number of anilines is 1. The van der Waals surface area contributed by atoms with Crippen LogP contribution in [0.15, 0.2) is 29.1 Å². The van der Waals surface area contributed by atoms with Crippen molar-refractivity contribution >= 4 is 27.8 Å². The van der Waals surface area contributed by atoms with Crippen molar-refractivity contribution in [3.05, 3.63) is 34.7 Å². The topological polar surface area (TPSA) is 87.6 Å². The number of nitrogens with two attached hydrogens (primary N) is 1. The molecule has 0 aliphatic heterocycles. The van der Waals surface area contributed by atoms with Crippen molar-refractivity contribution in [3.63, 3.8) is 0 Å². The predicted octanol–water partition coefficient (Wildman–Crippen LogP) is 0.987. The zero-order valence-electron chi connectivity index (χ0n) is 7.74. The Labute approximate surface area is 83.9 Å². The van der Waals surface area contributed by atoms with Gasteiger partial charge in [-0.25, -0.2) is 9.78 Å². The molecule has 0 fully saturated rings. The molecule has 2 aromatic heterocycles. The minimum Gasteiger partial charge on any atom is -0.382 e. The number of hydrogen-bond acceptors (Lipinski definition) is 3. The Balaban J connectivity index is 2.69. The van der Waals surface area contributed by atoms with Gasteiger partial charge in [-0.2, -0.15) is 0 Å². The molecule has 4 N–H and O–H groups in total. The van der Waals surface area contributed by atoms with Crippen LogP contribution in [0.25, 0.3) is 21.9 Å². The summed E-state index contributed by atoms with van der Waals surface area (Å²) in [6.45, 7) is 0. The van der Waals surface area contributed by atoms with E-state index < -0.39 is 0 Å². The van der Waals surface area contributed by atoms with Crippen LogP contribution in [0, 0.1) is 0 Å². The van der Waals surface area contributed by atoms with E-state index in [0.29, 0.717) is 16.9 Å². The second-order valence-corrected chi connectivity index (χ2v) is 3.34. The number of aromatic nitrogens is 3. The summed E-state index contributed by atoms with van der Waals surface area (Å²) in [5.41, 5.74) is 7.52. The van der Waals surface area contributed by atoms with E-state index in [1.165, 1.54) is 0 Å². The first-order chi connectivity index (χ1) is 7.25. The molecule has 0 spiro atoms. The van der Waals surface area contributed by atoms with Gasteiger partial charge in [0, 0.05) is 5.39 Å². The second kappa shape index (κ2) is 2.60. The number of H-pyrrole nitrogens is 2. The molecule has 15 heavy (non-hydrogen) atoms. The molecule has 0 radical (unpaired) electrons. The zero-order valence-corrected chi connectivity index (χ0v) is 7.74. The number of nitrogen functional groups attached to an aromatic ring is 1. The van der Waals surface area contributed by atoms with Gasteiger partial charge in [-0.1, -0.05) is 18.2 Å². The van der Waals surface area contributed by atoms with E-state index in [1.807, 2.05) is 24.3 Å². The molecule has 0 amide bonds. The number of rotatable bonds is 0. The lowest BCUT2D eigenvalue weighted by atomic mass is 10.2. The second-order valence-electron chi connectivity index (χ2n) is 3.34. The third-order valence-corrected chi connectivity index (χ3v) is 2.40. The van der Waals surface area contributed by atoms with Crippen LogP contribution in [0.1, 0.15) is 0 Å². The molecule has 74 valence electrons. The number of nitrogens with one attached hydrogen (secondary N) is 2. The van der Waals surface area contributed by atoms with Gasteiger partial charge in [0.1, 0.15) is 11.3 Å². The zero-order chi connectivity index (χ0) is 10.4. The summed E-state index contributed by atoms with van der Waals surface area (Å²) in [5, 5.41) is 0.889. The van der Waals surface area contributed by atoms with Crippen molar-refractivity contribution in [2.45, 2.75) is 0 Å². The molecular formula is C10H8N4O. The first-order valence-corrected chi connectivity index (χ1v) is 4.52. The lowest BCUT2D eigenvalue weighted by molar-refractivity contribution is 1.21. The Hall–Kier alpha value is -2.30. The number of benzene rings is 1. The van der Waals surface area contributed by atoms with Crippen LogP contribution < -0.4 is 11.4 Å². The van der Waals surface area contributed by atoms with Crippen molar-refractivity contribution < 1.29 is 0 Å². The number of pyridine rings is 1. The third-order valence-electron chi connectivity index (χ3n) is 2.40. The number of hydrogen-bond donors (Lipinski definition) is 3. The quantitative estimate of drug-likeness (QED) is 0.505. The van der Waals surface area contributed by atoms with Crippen LogP contribution in [0.3, 0.4) is 0 Å². The molecule has 0 unspecified atom stereocenters. The molecule has 3 rings (SSSR count). The maximum atomic E-state index is 11.2. The monoisotopic (exact) mass is 200 g/mol. The first kappa shape index (κ1) is 8.05. The SMILES string of the molecule is Nc1nc2ccccc2c2[nH]c(=O)[nH]c12. The molecule has 0 saturated heterocycles. The third kappa shape index (κ3) is 1.03. The Morgan fingerprint density at radius 1 is 1.13 bits per heavy atom. The van der Waals surface area contributed by atoms with Gasteiger partial charge in [-0.05, 0) is 6.07 Å². The number of aromatic amines is 2.